The van der Waals surface area contributed by atoms with Crippen molar-refractivity contribution >= 4 is 53.4 Å². The van der Waals surface area contributed by atoms with Crippen molar-refractivity contribution < 1.29 is 33.2 Å². The minimum absolute atomic E-state index is 0.0374. The molecule has 17 nitrogen and oxygen atoms in total. The van der Waals surface area contributed by atoms with Crippen LogP contribution in [0.25, 0.3) is 6.08 Å². The molecular weight excluding hydrogens is 725 g/mol. The van der Waals surface area contributed by atoms with E-state index in [1.165, 1.54) is 30.3 Å². The van der Waals surface area contributed by atoms with Crippen LogP contribution in [0.4, 0.5) is 4.39 Å². The molecule has 0 aliphatic carbocycles. The van der Waals surface area contributed by atoms with Gasteiger partial charge >= 0.3 is 0 Å². The fraction of sp³-hybridized carbons (Fsp3) is 0.421. The number of aliphatic imine (C=N–C) groups is 2. The third-order valence-electron chi connectivity index (χ3n) is 8.27. The molecule has 56 heavy (non-hydrogen) atoms. The van der Waals surface area contributed by atoms with Gasteiger partial charge in [-0.05, 0) is 67.4 Å². The monoisotopic (exact) mass is 779 g/mol. The van der Waals surface area contributed by atoms with Crippen molar-refractivity contribution in [1.29, 1.82) is 0 Å². The molecule has 0 heterocycles. The highest BCUT2D eigenvalue weighted by Crippen LogP contribution is 2.15. The zero-order valence-electron chi connectivity index (χ0n) is 32.0. The number of halogens is 1. The molecule has 0 unspecified atom stereocenters. The normalized spacial score (nSPS) is 13.1. The number of nitrogens with zero attached hydrogens (tertiary/aromatic N) is 3. The molecule has 0 saturated carbocycles. The van der Waals surface area contributed by atoms with Crippen LogP contribution in [0.5, 0.6) is 0 Å². The van der Waals surface area contributed by atoms with Crippen LogP contribution in [0.1, 0.15) is 64.0 Å². The molecule has 0 saturated heterocycles. The Hall–Kier alpha value is -6.33. The Balaban J connectivity index is 2.46. The molecule has 0 spiro atoms. The Morgan fingerprint density at radius 3 is 1.77 bits per heavy atom. The topological polar surface area (TPSA) is 297 Å². The van der Waals surface area contributed by atoms with Crippen molar-refractivity contribution in [3.05, 3.63) is 77.6 Å². The molecule has 0 bridgehead atoms. The van der Waals surface area contributed by atoms with Crippen LogP contribution >= 0.6 is 0 Å². The fourth-order valence-corrected chi connectivity index (χ4v) is 5.56. The molecule has 2 rings (SSSR count). The molecule has 2 aromatic carbocycles. The second kappa shape index (κ2) is 23.5. The summed E-state index contributed by atoms with van der Waals surface area (Å²) < 4.78 is 13.8. The standard InChI is InChI=1S/C38H54FN11O6/c1-23(2)21-30(35(55)47-28(33(40)53)11-7-19-45-37(41)42)49-34(54)29(12-8-20-46-38(43)44)48-36(56)31(22-26-13-16-27(39)17-14-26)50(24(3)51)32(52)18-15-25-9-5-4-6-10-25/h4-6,9-10,13-18,23,28-31H,7-8,11-12,19-22H2,1-3H3,(H2,40,53)(H,47,55)(H,48,56)(H,49,54)(H4,41,42,45)(H4,43,44,46)/b18-15+/t28-,29-,30-,31-/m0/s1. The van der Waals surface area contributed by atoms with Crippen LogP contribution in [-0.2, 0) is 35.2 Å². The molecule has 0 aromatic heterocycles. The first-order valence-electron chi connectivity index (χ1n) is 18.1. The number of imide groups is 1. The summed E-state index contributed by atoms with van der Waals surface area (Å²) in [6.45, 7) is 5.03. The van der Waals surface area contributed by atoms with Gasteiger partial charge in [0.05, 0.1) is 0 Å². The van der Waals surface area contributed by atoms with E-state index >= 15 is 0 Å². The van der Waals surface area contributed by atoms with Crippen LogP contribution in [0.3, 0.4) is 0 Å². The van der Waals surface area contributed by atoms with E-state index in [0.717, 1.165) is 17.9 Å². The van der Waals surface area contributed by atoms with Gasteiger partial charge in [0.25, 0.3) is 5.91 Å². The number of carbonyl (C=O) groups is 6. The zero-order valence-corrected chi connectivity index (χ0v) is 32.0. The lowest BCUT2D eigenvalue weighted by molar-refractivity contribution is -0.148. The van der Waals surface area contributed by atoms with Gasteiger partial charge in [0.2, 0.25) is 29.5 Å². The molecule has 18 heteroatoms. The predicted molar refractivity (Wildman–Crippen MR) is 211 cm³/mol. The second-order valence-corrected chi connectivity index (χ2v) is 13.4. The third kappa shape index (κ3) is 16.8. The van der Waals surface area contributed by atoms with Crippen LogP contribution in [0.15, 0.2) is 70.7 Å². The van der Waals surface area contributed by atoms with Crippen LogP contribution in [0, 0.1) is 11.7 Å². The van der Waals surface area contributed by atoms with E-state index in [2.05, 4.69) is 25.9 Å². The molecule has 13 N–H and O–H groups in total. The molecular formula is C38H54FN11O6. The quantitative estimate of drug-likeness (QED) is 0.0340. The average Bonchev–Trinajstić information content (AvgIpc) is 3.13. The maximum Gasteiger partial charge on any atom is 0.253 e. The number of rotatable bonds is 22. The van der Waals surface area contributed by atoms with E-state index in [-0.39, 0.29) is 63.0 Å². The summed E-state index contributed by atoms with van der Waals surface area (Å²) in [5, 5.41) is 7.92. The maximum absolute atomic E-state index is 14.2. The van der Waals surface area contributed by atoms with Gasteiger partial charge in [-0.1, -0.05) is 56.3 Å². The first-order valence-corrected chi connectivity index (χ1v) is 18.1. The molecule has 2 aromatic rings. The number of nitrogens with two attached hydrogens (primary N) is 5. The molecule has 0 aliphatic rings. The third-order valence-corrected chi connectivity index (χ3v) is 8.27. The van der Waals surface area contributed by atoms with E-state index in [0.29, 0.717) is 17.5 Å². The summed E-state index contributed by atoms with van der Waals surface area (Å²) in [7, 11) is 0. The van der Waals surface area contributed by atoms with E-state index in [4.69, 9.17) is 28.7 Å². The number of guanidine groups is 2. The number of amides is 6. The van der Waals surface area contributed by atoms with Crippen molar-refractivity contribution in [2.45, 2.75) is 83.5 Å². The second-order valence-electron chi connectivity index (χ2n) is 13.4. The number of hydrogen-bond acceptors (Lipinski definition) is 8. The number of primary amides is 1. The summed E-state index contributed by atoms with van der Waals surface area (Å²) in [4.78, 5) is 89.2. The molecule has 6 amide bonds. The first-order chi connectivity index (χ1) is 26.5. The van der Waals surface area contributed by atoms with Gasteiger partial charge in [-0.15, -0.1) is 0 Å². The summed E-state index contributed by atoms with van der Waals surface area (Å²) in [5.41, 5.74) is 28.3. The average molecular weight is 780 g/mol. The molecule has 0 fully saturated rings. The van der Waals surface area contributed by atoms with E-state index in [9.17, 15) is 33.2 Å². The molecule has 0 radical (unpaired) electrons. The van der Waals surface area contributed by atoms with E-state index in [1.807, 2.05) is 13.8 Å². The summed E-state index contributed by atoms with van der Waals surface area (Å²) in [5.74, 6) is -5.72. The van der Waals surface area contributed by atoms with Gasteiger partial charge in [-0.25, -0.2) is 4.39 Å². The van der Waals surface area contributed by atoms with Gasteiger partial charge < -0.3 is 44.6 Å². The minimum Gasteiger partial charge on any atom is -0.370 e. The van der Waals surface area contributed by atoms with Gasteiger partial charge in [0, 0.05) is 32.5 Å². The van der Waals surface area contributed by atoms with Crippen molar-refractivity contribution in [3.63, 3.8) is 0 Å². The minimum atomic E-state index is -1.50. The molecule has 304 valence electrons. The number of hydrogen-bond donors (Lipinski definition) is 8. The Morgan fingerprint density at radius 1 is 0.732 bits per heavy atom. The van der Waals surface area contributed by atoms with Crippen molar-refractivity contribution in [2.24, 2.45) is 44.6 Å². The molecule has 4 atom stereocenters. The lowest BCUT2D eigenvalue weighted by Gasteiger charge is -2.30. The molecule has 0 aliphatic heterocycles. The Labute approximate surface area is 325 Å². The number of carbonyl (C=O) groups excluding carboxylic acids is 6. The van der Waals surface area contributed by atoms with Gasteiger partial charge in [0.1, 0.15) is 30.0 Å². The summed E-state index contributed by atoms with van der Waals surface area (Å²) in [6, 6.07) is 8.87. The summed E-state index contributed by atoms with van der Waals surface area (Å²) in [6.07, 6.45) is 3.13. The number of benzene rings is 2. The lowest BCUT2D eigenvalue weighted by atomic mass is 10.00. The van der Waals surface area contributed by atoms with Crippen molar-refractivity contribution in [2.75, 3.05) is 13.1 Å². The van der Waals surface area contributed by atoms with Crippen LogP contribution < -0.4 is 44.6 Å². The van der Waals surface area contributed by atoms with Crippen LogP contribution in [-0.4, -0.2) is 89.5 Å². The highest BCUT2D eigenvalue weighted by atomic mass is 19.1. The van der Waals surface area contributed by atoms with Crippen molar-refractivity contribution in [1.82, 2.24) is 20.9 Å². The summed E-state index contributed by atoms with van der Waals surface area (Å²) >= 11 is 0. The van der Waals surface area contributed by atoms with Gasteiger partial charge in [-0.3, -0.25) is 43.7 Å². The lowest BCUT2D eigenvalue weighted by Crippen LogP contribution is -2.59. The maximum atomic E-state index is 14.2. The fourth-order valence-electron chi connectivity index (χ4n) is 5.56. The van der Waals surface area contributed by atoms with Crippen LogP contribution in [0.2, 0.25) is 0 Å². The largest absolute Gasteiger partial charge is 0.370 e. The van der Waals surface area contributed by atoms with Gasteiger partial charge in [-0.2, -0.15) is 0 Å². The Morgan fingerprint density at radius 2 is 1.25 bits per heavy atom. The first kappa shape index (κ1) is 45.8. The van der Waals surface area contributed by atoms with Gasteiger partial charge in [0.15, 0.2) is 11.9 Å². The van der Waals surface area contributed by atoms with Crippen molar-refractivity contribution in [3.8, 4) is 0 Å². The highest BCUT2D eigenvalue weighted by Gasteiger charge is 2.35. The SMILES string of the molecule is CC(=O)N(C(=O)/C=C/c1ccccc1)[C@@H](Cc1ccc(F)cc1)C(=O)N[C@@H](CCCN=C(N)N)C(=O)N[C@@H](CC(C)C)C(=O)N[C@@H](CCCN=C(N)N)C(N)=O. The number of nitrogens with one attached hydrogen (secondary N) is 3. The van der Waals surface area contributed by atoms with E-state index in [1.54, 1.807) is 30.3 Å². The highest BCUT2D eigenvalue weighted by molar-refractivity contribution is 6.06. The Kier molecular flexibility index (Phi) is 19.2. The van der Waals surface area contributed by atoms with E-state index < -0.39 is 65.4 Å². The smallest absolute Gasteiger partial charge is 0.253 e. The predicted octanol–water partition coefficient (Wildman–Crippen LogP) is -0.0817. The Bertz CT molecular complexity index is 1730. The zero-order chi connectivity index (χ0) is 41.8.